The first-order valence-electron chi connectivity index (χ1n) is 9.34. The third-order valence-corrected chi connectivity index (χ3v) is 5.36. The van der Waals surface area contributed by atoms with Crippen LogP contribution < -0.4 is 10.1 Å². The molecule has 3 aromatic carbocycles. The highest BCUT2D eigenvalue weighted by atomic mass is 32.2. The molecule has 146 valence electrons. The minimum Gasteiger partial charge on any atom is -0.457 e. The summed E-state index contributed by atoms with van der Waals surface area (Å²) in [7, 11) is 0. The van der Waals surface area contributed by atoms with Gasteiger partial charge in [0.25, 0.3) is 0 Å². The van der Waals surface area contributed by atoms with Crippen LogP contribution in [0.3, 0.4) is 0 Å². The zero-order chi connectivity index (χ0) is 20.2. The molecule has 0 spiro atoms. The highest BCUT2D eigenvalue weighted by Gasteiger charge is 2.17. The number of amides is 1. The van der Waals surface area contributed by atoms with Gasteiger partial charge in [-0.3, -0.25) is 4.79 Å². The molecule has 0 aliphatic heterocycles. The lowest BCUT2D eigenvalue weighted by atomic mass is 10.2. The van der Waals surface area contributed by atoms with Crippen LogP contribution in [0.4, 0.5) is 5.69 Å². The summed E-state index contributed by atoms with van der Waals surface area (Å²) >= 11 is 1.40. The SMILES string of the molecule is Cc1ccc2nc(S[C@@H](C)C(=O)Nc3ccc(Oc4ccccc4)cc3)[nH]c2c1. The summed E-state index contributed by atoms with van der Waals surface area (Å²) in [6, 6.07) is 23.0. The van der Waals surface area contributed by atoms with Gasteiger partial charge >= 0.3 is 0 Å². The van der Waals surface area contributed by atoms with Gasteiger partial charge in [-0.1, -0.05) is 36.0 Å². The van der Waals surface area contributed by atoms with E-state index in [9.17, 15) is 4.79 Å². The third-order valence-electron chi connectivity index (χ3n) is 4.37. The smallest absolute Gasteiger partial charge is 0.237 e. The minimum atomic E-state index is -0.295. The zero-order valence-electron chi connectivity index (χ0n) is 16.2. The van der Waals surface area contributed by atoms with Crippen molar-refractivity contribution in [2.24, 2.45) is 0 Å². The number of benzene rings is 3. The molecule has 4 aromatic rings. The van der Waals surface area contributed by atoms with E-state index >= 15 is 0 Å². The Labute approximate surface area is 173 Å². The number of fused-ring (bicyclic) bond motifs is 1. The predicted molar refractivity (Wildman–Crippen MR) is 118 cm³/mol. The highest BCUT2D eigenvalue weighted by molar-refractivity contribution is 8.00. The van der Waals surface area contributed by atoms with E-state index in [-0.39, 0.29) is 11.2 Å². The van der Waals surface area contributed by atoms with E-state index in [0.717, 1.165) is 27.6 Å². The van der Waals surface area contributed by atoms with Crippen molar-refractivity contribution in [2.45, 2.75) is 24.3 Å². The van der Waals surface area contributed by atoms with Gasteiger partial charge in [-0.25, -0.2) is 4.98 Å². The second-order valence-corrected chi connectivity index (χ2v) is 8.08. The standard InChI is InChI=1S/C23H21N3O2S/c1-15-8-13-20-21(14-15)26-23(25-20)29-16(2)22(27)24-17-9-11-19(12-10-17)28-18-6-4-3-5-7-18/h3-14,16H,1-2H3,(H,24,27)(H,25,26)/t16-/m0/s1. The van der Waals surface area contributed by atoms with E-state index in [2.05, 4.69) is 21.4 Å². The number of H-pyrrole nitrogens is 1. The zero-order valence-corrected chi connectivity index (χ0v) is 17.0. The second-order valence-electron chi connectivity index (χ2n) is 6.75. The Morgan fingerprint density at radius 3 is 2.52 bits per heavy atom. The normalized spacial score (nSPS) is 11.9. The second kappa shape index (κ2) is 8.41. The fourth-order valence-electron chi connectivity index (χ4n) is 2.85. The average molecular weight is 404 g/mol. The van der Waals surface area contributed by atoms with E-state index in [1.165, 1.54) is 17.3 Å². The van der Waals surface area contributed by atoms with Crippen molar-refractivity contribution in [1.82, 2.24) is 9.97 Å². The molecule has 0 fully saturated rings. The molecule has 4 rings (SSSR count). The number of aryl methyl sites for hydroxylation is 1. The molecule has 1 heterocycles. The largest absolute Gasteiger partial charge is 0.457 e. The summed E-state index contributed by atoms with van der Waals surface area (Å²) in [5.74, 6) is 1.41. The van der Waals surface area contributed by atoms with Crippen molar-refractivity contribution in [1.29, 1.82) is 0 Å². The van der Waals surface area contributed by atoms with Crippen LogP contribution in [0.15, 0.2) is 78.0 Å². The minimum absolute atomic E-state index is 0.0802. The number of rotatable bonds is 6. The number of carbonyl (C=O) groups excluding carboxylic acids is 1. The first-order chi connectivity index (χ1) is 14.1. The number of para-hydroxylation sites is 1. The predicted octanol–water partition coefficient (Wildman–Crippen LogP) is 5.78. The number of hydrogen-bond acceptors (Lipinski definition) is 4. The van der Waals surface area contributed by atoms with Gasteiger partial charge in [0.15, 0.2) is 5.16 Å². The van der Waals surface area contributed by atoms with Crippen molar-refractivity contribution in [3.05, 3.63) is 78.4 Å². The Hall–Kier alpha value is -3.25. The summed E-state index contributed by atoms with van der Waals surface area (Å²) in [5.41, 5.74) is 3.78. The lowest BCUT2D eigenvalue weighted by Crippen LogP contribution is -2.22. The van der Waals surface area contributed by atoms with Gasteiger partial charge in [-0.2, -0.15) is 0 Å². The van der Waals surface area contributed by atoms with Gasteiger partial charge < -0.3 is 15.0 Å². The molecule has 0 saturated carbocycles. The van der Waals surface area contributed by atoms with Crippen LogP contribution in [-0.2, 0) is 4.79 Å². The van der Waals surface area contributed by atoms with Crippen LogP contribution in [0.2, 0.25) is 0 Å². The number of ether oxygens (including phenoxy) is 1. The Morgan fingerprint density at radius 1 is 1.03 bits per heavy atom. The topological polar surface area (TPSA) is 67.0 Å². The van der Waals surface area contributed by atoms with Crippen molar-refractivity contribution in [3.63, 3.8) is 0 Å². The van der Waals surface area contributed by atoms with Crippen molar-refractivity contribution in [3.8, 4) is 11.5 Å². The van der Waals surface area contributed by atoms with Crippen molar-refractivity contribution in [2.75, 3.05) is 5.32 Å². The number of imidazole rings is 1. The summed E-state index contributed by atoms with van der Waals surface area (Å²) in [5, 5.41) is 3.38. The molecule has 2 N–H and O–H groups in total. The highest BCUT2D eigenvalue weighted by Crippen LogP contribution is 2.26. The number of aromatic nitrogens is 2. The van der Waals surface area contributed by atoms with E-state index in [0.29, 0.717) is 5.75 Å². The van der Waals surface area contributed by atoms with Crippen LogP contribution in [0, 0.1) is 6.92 Å². The Morgan fingerprint density at radius 2 is 1.76 bits per heavy atom. The van der Waals surface area contributed by atoms with E-state index in [4.69, 9.17) is 4.74 Å². The molecule has 0 aliphatic carbocycles. The molecule has 6 heteroatoms. The van der Waals surface area contributed by atoms with Gasteiger partial charge in [-0.05, 0) is 67.9 Å². The third kappa shape index (κ3) is 4.78. The number of nitrogens with one attached hydrogen (secondary N) is 2. The van der Waals surface area contributed by atoms with Crippen LogP contribution >= 0.6 is 11.8 Å². The molecule has 0 radical (unpaired) electrons. The number of anilines is 1. The van der Waals surface area contributed by atoms with Crippen molar-refractivity contribution < 1.29 is 9.53 Å². The number of hydrogen-bond donors (Lipinski definition) is 2. The number of thioether (sulfide) groups is 1. The first-order valence-corrected chi connectivity index (χ1v) is 10.2. The van der Waals surface area contributed by atoms with Crippen LogP contribution in [-0.4, -0.2) is 21.1 Å². The lowest BCUT2D eigenvalue weighted by molar-refractivity contribution is -0.115. The summed E-state index contributed by atoms with van der Waals surface area (Å²) in [4.78, 5) is 20.4. The molecule has 1 amide bonds. The maximum atomic E-state index is 12.6. The fourth-order valence-corrected chi connectivity index (χ4v) is 3.67. The molecular weight excluding hydrogens is 382 g/mol. The molecular formula is C23H21N3O2S. The molecule has 29 heavy (non-hydrogen) atoms. The van der Waals surface area contributed by atoms with Crippen LogP contribution in [0.1, 0.15) is 12.5 Å². The van der Waals surface area contributed by atoms with Crippen molar-refractivity contribution >= 4 is 34.4 Å². The quantitative estimate of drug-likeness (QED) is 0.400. The van der Waals surface area contributed by atoms with E-state index in [1.807, 2.05) is 80.6 Å². The van der Waals surface area contributed by atoms with Gasteiger partial charge in [0.1, 0.15) is 11.5 Å². The summed E-state index contributed by atoms with van der Waals surface area (Å²) in [6.07, 6.45) is 0. The van der Waals surface area contributed by atoms with Gasteiger partial charge in [-0.15, -0.1) is 0 Å². The first kappa shape index (κ1) is 19.1. The molecule has 0 bridgehead atoms. The van der Waals surface area contributed by atoms with Crippen LogP contribution in [0.25, 0.3) is 11.0 Å². The maximum absolute atomic E-state index is 12.6. The Kier molecular flexibility index (Phi) is 5.53. The van der Waals surface area contributed by atoms with Gasteiger partial charge in [0.05, 0.1) is 16.3 Å². The molecule has 5 nitrogen and oxygen atoms in total. The van der Waals surface area contributed by atoms with Gasteiger partial charge in [0.2, 0.25) is 5.91 Å². The molecule has 1 atom stereocenters. The molecule has 0 saturated heterocycles. The van der Waals surface area contributed by atoms with Gasteiger partial charge in [0, 0.05) is 5.69 Å². The van der Waals surface area contributed by atoms with E-state index in [1.54, 1.807) is 0 Å². The molecule has 0 unspecified atom stereocenters. The Bertz CT molecular complexity index is 1120. The summed E-state index contributed by atoms with van der Waals surface area (Å²) < 4.78 is 5.77. The maximum Gasteiger partial charge on any atom is 0.237 e. The van der Waals surface area contributed by atoms with Crippen LogP contribution in [0.5, 0.6) is 11.5 Å². The fraction of sp³-hybridized carbons (Fsp3) is 0.130. The summed E-state index contributed by atoms with van der Waals surface area (Å²) in [6.45, 7) is 3.91. The monoisotopic (exact) mass is 403 g/mol. The number of carbonyl (C=O) groups is 1. The molecule has 0 aliphatic rings. The number of nitrogens with zero attached hydrogens (tertiary/aromatic N) is 1. The Balaban J connectivity index is 1.36. The lowest BCUT2D eigenvalue weighted by Gasteiger charge is -2.11. The van der Waals surface area contributed by atoms with E-state index < -0.39 is 0 Å². The average Bonchev–Trinajstić information content (AvgIpc) is 3.11. The number of aromatic amines is 1. The molecule has 1 aromatic heterocycles.